The number of piperazine rings is 1. The molecule has 4 rings (SSSR count). The number of hydrogen-bond acceptors (Lipinski definition) is 7. The molecule has 1 fully saturated rings. The van der Waals surface area contributed by atoms with E-state index < -0.39 is 0 Å². The van der Waals surface area contributed by atoms with Crippen molar-refractivity contribution in [1.82, 2.24) is 30.1 Å². The molecule has 0 atom stereocenters. The monoisotopic (exact) mass is 332 g/mol. The van der Waals surface area contributed by atoms with Crippen molar-refractivity contribution in [2.75, 3.05) is 36.0 Å². The molecule has 1 aliphatic rings. The van der Waals surface area contributed by atoms with Gasteiger partial charge in [-0.25, -0.2) is 20.1 Å². The normalized spacial score (nSPS) is 15.3. The standard InChI is InChI=1S/C13H13ClN8O/c14-9-8(5-19-20-13(9)23)21-1-3-22(4-2-21)12-10-11(16-6-15-10)17-7-18-12/h5-7H,1-4H2,(H,20,23)(H,15,16,17,18). The van der Waals surface area contributed by atoms with E-state index in [9.17, 15) is 4.79 Å². The van der Waals surface area contributed by atoms with E-state index in [1.807, 2.05) is 4.90 Å². The molecule has 4 heterocycles. The first-order valence-corrected chi connectivity index (χ1v) is 7.49. The fourth-order valence-corrected chi connectivity index (χ4v) is 2.96. The summed E-state index contributed by atoms with van der Waals surface area (Å²) >= 11 is 6.07. The molecule has 3 aromatic heterocycles. The Bertz CT molecular complexity index is 898. The van der Waals surface area contributed by atoms with E-state index in [4.69, 9.17) is 11.6 Å². The first kappa shape index (κ1) is 13.9. The molecule has 0 aliphatic carbocycles. The van der Waals surface area contributed by atoms with E-state index in [0.717, 1.165) is 24.4 Å². The molecule has 0 saturated carbocycles. The molecule has 0 spiro atoms. The van der Waals surface area contributed by atoms with E-state index in [0.29, 0.717) is 24.4 Å². The quantitative estimate of drug-likeness (QED) is 0.700. The molecular weight excluding hydrogens is 320 g/mol. The van der Waals surface area contributed by atoms with Crippen LogP contribution in [-0.4, -0.2) is 56.3 Å². The number of aromatic amines is 2. The van der Waals surface area contributed by atoms with Gasteiger partial charge in [-0.3, -0.25) is 4.79 Å². The second kappa shape index (κ2) is 5.51. The van der Waals surface area contributed by atoms with Crippen molar-refractivity contribution >= 4 is 34.3 Å². The fraction of sp³-hybridized carbons (Fsp3) is 0.308. The minimum absolute atomic E-state index is 0.173. The number of nitrogens with one attached hydrogen (secondary N) is 2. The van der Waals surface area contributed by atoms with E-state index in [2.05, 4.69) is 35.0 Å². The van der Waals surface area contributed by atoms with Crippen LogP contribution < -0.4 is 15.4 Å². The van der Waals surface area contributed by atoms with Gasteiger partial charge in [-0.1, -0.05) is 11.6 Å². The number of aromatic nitrogens is 6. The first-order chi connectivity index (χ1) is 11.2. The van der Waals surface area contributed by atoms with Crippen LogP contribution >= 0.6 is 11.6 Å². The van der Waals surface area contributed by atoms with Gasteiger partial charge in [0.25, 0.3) is 5.56 Å². The third-order valence-electron chi connectivity index (χ3n) is 3.90. The molecule has 0 amide bonds. The molecule has 1 saturated heterocycles. The molecule has 0 bridgehead atoms. The van der Waals surface area contributed by atoms with Crippen LogP contribution in [0.4, 0.5) is 11.5 Å². The largest absolute Gasteiger partial charge is 0.365 e. The molecule has 23 heavy (non-hydrogen) atoms. The Morgan fingerprint density at radius 2 is 1.87 bits per heavy atom. The van der Waals surface area contributed by atoms with Crippen molar-refractivity contribution < 1.29 is 0 Å². The van der Waals surface area contributed by atoms with Crippen molar-refractivity contribution in [2.24, 2.45) is 0 Å². The third-order valence-corrected chi connectivity index (χ3v) is 4.27. The van der Waals surface area contributed by atoms with E-state index >= 15 is 0 Å². The van der Waals surface area contributed by atoms with E-state index in [1.165, 1.54) is 6.33 Å². The second-order valence-corrected chi connectivity index (χ2v) is 5.55. The Labute approximate surface area is 135 Å². The fourth-order valence-electron chi connectivity index (χ4n) is 2.75. The number of imidazole rings is 1. The molecule has 1 aliphatic heterocycles. The third kappa shape index (κ3) is 2.38. The van der Waals surface area contributed by atoms with Crippen LogP contribution in [0.1, 0.15) is 0 Å². The van der Waals surface area contributed by atoms with Crippen LogP contribution in [0.25, 0.3) is 11.2 Å². The number of hydrogen-bond donors (Lipinski definition) is 2. The van der Waals surface area contributed by atoms with Gasteiger partial charge < -0.3 is 14.8 Å². The van der Waals surface area contributed by atoms with Crippen LogP contribution in [0.5, 0.6) is 0 Å². The highest BCUT2D eigenvalue weighted by atomic mass is 35.5. The number of fused-ring (bicyclic) bond motifs is 1. The van der Waals surface area contributed by atoms with Crippen LogP contribution in [0.3, 0.4) is 0 Å². The van der Waals surface area contributed by atoms with E-state index in [1.54, 1.807) is 12.5 Å². The maximum absolute atomic E-state index is 11.6. The average molecular weight is 333 g/mol. The highest BCUT2D eigenvalue weighted by Crippen LogP contribution is 2.25. The minimum atomic E-state index is -0.374. The zero-order valence-electron chi connectivity index (χ0n) is 12.0. The molecule has 0 unspecified atom stereocenters. The summed E-state index contributed by atoms with van der Waals surface area (Å²) in [6.07, 6.45) is 4.71. The molecule has 118 valence electrons. The van der Waals surface area contributed by atoms with Gasteiger partial charge in [0, 0.05) is 26.2 Å². The Hall–Kier alpha value is -2.68. The Balaban J connectivity index is 1.56. The summed E-state index contributed by atoms with van der Waals surface area (Å²) in [7, 11) is 0. The molecule has 2 N–H and O–H groups in total. The number of nitrogens with zero attached hydrogens (tertiary/aromatic N) is 6. The zero-order chi connectivity index (χ0) is 15.8. The lowest BCUT2D eigenvalue weighted by Gasteiger charge is -2.36. The summed E-state index contributed by atoms with van der Waals surface area (Å²) in [5.41, 5.74) is 1.77. The van der Waals surface area contributed by atoms with Crippen molar-refractivity contribution in [2.45, 2.75) is 0 Å². The smallest absolute Gasteiger partial charge is 0.285 e. The second-order valence-electron chi connectivity index (χ2n) is 5.17. The summed E-state index contributed by atoms with van der Waals surface area (Å²) < 4.78 is 0. The number of H-pyrrole nitrogens is 2. The lowest BCUT2D eigenvalue weighted by Crippen LogP contribution is -2.47. The average Bonchev–Trinajstić information content (AvgIpc) is 3.06. The van der Waals surface area contributed by atoms with Gasteiger partial charge in [0.15, 0.2) is 11.5 Å². The maximum Gasteiger partial charge on any atom is 0.285 e. The Kier molecular flexibility index (Phi) is 3.34. The molecular formula is C13H13ClN8O. The van der Waals surface area contributed by atoms with Crippen LogP contribution in [0.15, 0.2) is 23.6 Å². The molecule has 9 nitrogen and oxygen atoms in total. The van der Waals surface area contributed by atoms with Gasteiger partial charge in [-0.05, 0) is 0 Å². The summed E-state index contributed by atoms with van der Waals surface area (Å²) in [6, 6.07) is 0. The topological polar surface area (TPSA) is 107 Å². The highest BCUT2D eigenvalue weighted by Gasteiger charge is 2.23. The zero-order valence-corrected chi connectivity index (χ0v) is 12.8. The highest BCUT2D eigenvalue weighted by molar-refractivity contribution is 6.33. The van der Waals surface area contributed by atoms with Crippen LogP contribution in [0.2, 0.25) is 5.02 Å². The Morgan fingerprint density at radius 3 is 2.70 bits per heavy atom. The van der Waals surface area contributed by atoms with Crippen LogP contribution in [-0.2, 0) is 0 Å². The molecule has 10 heteroatoms. The molecule has 0 aromatic carbocycles. The lowest BCUT2D eigenvalue weighted by molar-refractivity contribution is 0.646. The van der Waals surface area contributed by atoms with Gasteiger partial charge in [0.2, 0.25) is 0 Å². The molecule has 0 radical (unpaired) electrons. The van der Waals surface area contributed by atoms with Gasteiger partial charge in [-0.15, -0.1) is 0 Å². The van der Waals surface area contributed by atoms with E-state index in [-0.39, 0.29) is 10.6 Å². The van der Waals surface area contributed by atoms with Gasteiger partial charge in [0.05, 0.1) is 18.2 Å². The van der Waals surface area contributed by atoms with Gasteiger partial charge in [-0.2, -0.15) is 5.10 Å². The van der Waals surface area contributed by atoms with Crippen LogP contribution in [0, 0.1) is 0 Å². The lowest BCUT2D eigenvalue weighted by atomic mass is 10.2. The van der Waals surface area contributed by atoms with Gasteiger partial charge in [0.1, 0.15) is 16.9 Å². The Morgan fingerprint density at radius 1 is 1.09 bits per heavy atom. The van der Waals surface area contributed by atoms with Crippen molar-refractivity contribution in [3.63, 3.8) is 0 Å². The number of rotatable bonds is 2. The summed E-state index contributed by atoms with van der Waals surface area (Å²) in [5.74, 6) is 0.835. The first-order valence-electron chi connectivity index (χ1n) is 7.11. The number of anilines is 2. The number of halogens is 1. The summed E-state index contributed by atoms with van der Waals surface area (Å²) in [5, 5.41) is 6.32. The summed E-state index contributed by atoms with van der Waals surface area (Å²) in [6.45, 7) is 2.91. The maximum atomic E-state index is 11.6. The van der Waals surface area contributed by atoms with Crippen molar-refractivity contribution in [3.8, 4) is 0 Å². The van der Waals surface area contributed by atoms with Gasteiger partial charge >= 0.3 is 0 Å². The van der Waals surface area contributed by atoms with Crippen molar-refractivity contribution in [3.05, 3.63) is 34.2 Å². The minimum Gasteiger partial charge on any atom is -0.365 e. The van der Waals surface area contributed by atoms with Crippen molar-refractivity contribution in [1.29, 1.82) is 0 Å². The predicted molar refractivity (Wildman–Crippen MR) is 86.0 cm³/mol. The molecule has 3 aromatic rings. The summed E-state index contributed by atoms with van der Waals surface area (Å²) in [4.78, 5) is 31.5. The predicted octanol–water partition coefficient (Wildman–Crippen LogP) is 0.416. The SMILES string of the molecule is O=c1[nH]ncc(N2CCN(c3ncnc4nc[nH]c34)CC2)c1Cl.